The van der Waals surface area contributed by atoms with E-state index in [1.54, 1.807) is 6.07 Å². The molecule has 37 heavy (non-hydrogen) atoms. The van der Waals surface area contributed by atoms with Gasteiger partial charge in [-0.05, 0) is 71.1 Å². The Morgan fingerprint density at radius 3 is 2.14 bits per heavy atom. The summed E-state index contributed by atoms with van der Waals surface area (Å²) in [6.07, 6.45) is 0. The minimum Gasteiger partial charge on any atom is -0.465 e. The van der Waals surface area contributed by atoms with Crippen molar-refractivity contribution in [2.75, 3.05) is 44.8 Å². The molecule has 0 aromatic heterocycles. The number of ether oxygens (including phenoxy) is 2. The average molecular weight is 521 g/mol. The van der Waals surface area contributed by atoms with Crippen molar-refractivity contribution in [3.63, 3.8) is 0 Å². The molecule has 0 radical (unpaired) electrons. The summed E-state index contributed by atoms with van der Waals surface area (Å²) in [5.74, 6) is -0.314. The molecule has 1 heterocycles. The van der Waals surface area contributed by atoms with E-state index >= 15 is 0 Å². The predicted octanol–water partition coefficient (Wildman–Crippen LogP) is 5.93. The van der Waals surface area contributed by atoms with Crippen LogP contribution >= 0.6 is 11.6 Å². The third-order valence-corrected chi connectivity index (χ3v) is 6.72. The molecule has 0 atom stereocenters. The monoisotopic (exact) mass is 520 g/mol. The molecule has 7 heteroatoms. The minimum absolute atomic E-state index is 0.282. The summed E-state index contributed by atoms with van der Waals surface area (Å²) in [6, 6.07) is 21.1. The lowest BCUT2D eigenvalue weighted by atomic mass is 9.97. The maximum atomic E-state index is 12.2. The fourth-order valence-electron chi connectivity index (χ4n) is 4.42. The van der Waals surface area contributed by atoms with Gasteiger partial charge in [-0.3, -0.25) is 4.90 Å². The van der Waals surface area contributed by atoms with Crippen LogP contribution in [0.5, 0.6) is 0 Å². The second-order valence-corrected chi connectivity index (χ2v) is 10.1. The Labute approximate surface area is 223 Å². The molecule has 1 aliphatic heterocycles. The van der Waals surface area contributed by atoms with Crippen molar-refractivity contribution in [1.29, 1.82) is 0 Å². The van der Waals surface area contributed by atoms with Crippen molar-refractivity contribution in [2.24, 2.45) is 5.92 Å². The van der Waals surface area contributed by atoms with E-state index in [2.05, 4.69) is 9.80 Å². The Balaban J connectivity index is 1.42. The molecule has 0 unspecified atom stereocenters. The predicted molar refractivity (Wildman–Crippen MR) is 147 cm³/mol. The fraction of sp³-hybridized carbons (Fsp3) is 0.333. The molecule has 0 bridgehead atoms. The Kier molecular flexibility index (Phi) is 8.85. The molecule has 0 spiro atoms. The maximum absolute atomic E-state index is 12.2. The van der Waals surface area contributed by atoms with E-state index in [0.29, 0.717) is 28.7 Å². The Bertz CT molecular complexity index is 1220. The van der Waals surface area contributed by atoms with Crippen molar-refractivity contribution < 1.29 is 19.1 Å². The van der Waals surface area contributed by atoms with Crippen LogP contribution in [-0.4, -0.2) is 56.7 Å². The highest BCUT2D eigenvalue weighted by molar-refractivity contribution is 6.30. The summed E-state index contributed by atoms with van der Waals surface area (Å²) in [7, 11) is 1.40. The van der Waals surface area contributed by atoms with Gasteiger partial charge in [0, 0.05) is 43.4 Å². The van der Waals surface area contributed by atoms with Crippen molar-refractivity contribution >= 4 is 29.2 Å². The molecule has 6 nitrogen and oxygen atoms in total. The van der Waals surface area contributed by atoms with Crippen LogP contribution in [0.2, 0.25) is 5.02 Å². The highest BCUT2D eigenvalue weighted by Gasteiger charge is 2.20. The summed E-state index contributed by atoms with van der Waals surface area (Å²) in [5, 5.41) is 0.688. The quantitative estimate of drug-likeness (QED) is 0.343. The molecule has 1 aliphatic rings. The van der Waals surface area contributed by atoms with Gasteiger partial charge in [-0.15, -0.1) is 0 Å². The van der Waals surface area contributed by atoms with E-state index in [-0.39, 0.29) is 11.9 Å². The first kappa shape index (κ1) is 26.7. The van der Waals surface area contributed by atoms with Crippen LogP contribution in [0, 0.1) is 5.92 Å². The molecule has 0 aliphatic carbocycles. The number of benzene rings is 3. The number of anilines is 1. The van der Waals surface area contributed by atoms with Gasteiger partial charge in [0.2, 0.25) is 0 Å². The van der Waals surface area contributed by atoms with Gasteiger partial charge in [0.15, 0.2) is 0 Å². The Morgan fingerprint density at radius 1 is 0.865 bits per heavy atom. The molecule has 194 valence electrons. The van der Waals surface area contributed by atoms with Gasteiger partial charge in [-0.1, -0.05) is 43.6 Å². The highest BCUT2D eigenvalue weighted by Crippen LogP contribution is 2.28. The minimum atomic E-state index is -0.342. The number of piperazine rings is 1. The number of hydrogen-bond donors (Lipinski definition) is 0. The number of nitrogens with zero attached hydrogens (tertiary/aromatic N) is 2. The molecule has 3 aromatic rings. The molecule has 4 rings (SSSR count). The zero-order valence-electron chi connectivity index (χ0n) is 21.6. The van der Waals surface area contributed by atoms with Crippen molar-refractivity contribution in [3.8, 4) is 11.1 Å². The first-order valence-corrected chi connectivity index (χ1v) is 12.9. The molecular formula is C30H33ClN2O4. The SMILES string of the molecule is COC(=O)c1ccc(-c2ccc(Cl)cc2)c(CN2CCN(c3ccc(C(=O)OCC(C)C)cc3)CC2)c1. The van der Waals surface area contributed by atoms with Gasteiger partial charge < -0.3 is 14.4 Å². The van der Waals surface area contributed by atoms with Gasteiger partial charge in [0.1, 0.15) is 0 Å². The summed E-state index contributed by atoms with van der Waals surface area (Å²) >= 11 is 6.10. The summed E-state index contributed by atoms with van der Waals surface area (Å²) in [4.78, 5) is 29.1. The van der Waals surface area contributed by atoms with Gasteiger partial charge in [0.05, 0.1) is 24.8 Å². The van der Waals surface area contributed by atoms with Crippen molar-refractivity contribution in [3.05, 3.63) is 88.4 Å². The van der Waals surface area contributed by atoms with Gasteiger partial charge in [-0.2, -0.15) is 0 Å². The van der Waals surface area contributed by atoms with Gasteiger partial charge in [0.25, 0.3) is 0 Å². The number of rotatable bonds is 8. The van der Waals surface area contributed by atoms with E-state index in [4.69, 9.17) is 21.1 Å². The smallest absolute Gasteiger partial charge is 0.338 e. The van der Waals surface area contributed by atoms with Gasteiger partial charge in [-0.25, -0.2) is 9.59 Å². The average Bonchev–Trinajstić information content (AvgIpc) is 2.92. The van der Waals surface area contributed by atoms with Crippen molar-refractivity contribution in [2.45, 2.75) is 20.4 Å². The molecule has 0 amide bonds. The number of hydrogen-bond acceptors (Lipinski definition) is 6. The maximum Gasteiger partial charge on any atom is 0.338 e. The summed E-state index contributed by atoms with van der Waals surface area (Å²) in [5.41, 5.74) is 5.41. The first-order chi connectivity index (χ1) is 17.8. The van der Waals surface area contributed by atoms with Crippen LogP contribution in [0.3, 0.4) is 0 Å². The third kappa shape index (κ3) is 6.90. The highest BCUT2D eigenvalue weighted by atomic mass is 35.5. The number of carbonyl (C=O) groups is 2. The van der Waals surface area contributed by atoms with Crippen LogP contribution in [0.15, 0.2) is 66.7 Å². The third-order valence-electron chi connectivity index (χ3n) is 6.46. The lowest BCUT2D eigenvalue weighted by Gasteiger charge is -2.36. The van der Waals surface area contributed by atoms with Crippen LogP contribution in [0.25, 0.3) is 11.1 Å². The molecule has 0 saturated carbocycles. The van der Waals surface area contributed by atoms with E-state index in [0.717, 1.165) is 55.1 Å². The molecule has 1 fully saturated rings. The number of carbonyl (C=O) groups excluding carboxylic acids is 2. The Hall–Kier alpha value is -3.35. The molecule has 1 saturated heterocycles. The van der Waals surface area contributed by atoms with Crippen LogP contribution in [-0.2, 0) is 16.0 Å². The Morgan fingerprint density at radius 2 is 1.51 bits per heavy atom. The standard InChI is InChI=1S/C30H33ClN2O4/c1-21(2)20-37-30(35)23-6-11-27(12-7-23)33-16-14-32(15-17-33)19-25-18-24(29(34)36-3)8-13-28(25)22-4-9-26(31)10-5-22/h4-13,18,21H,14-17,19-20H2,1-3H3. The lowest BCUT2D eigenvalue weighted by molar-refractivity contribution is 0.0458. The second kappa shape index (κ2) is 12.3. The van der Waals surface area contributed by atoms with Gasteiger partial charge >= 0.3 is 11.9 Å². The van der Waals surface area contributed by atoms with E-state index in [1.807, 2.05) is 74.5 Å². The molecular weight excluding hydrogens is 488 g/mol. The summed E-state index contributed by atoms with van der Waals surface area (Å²) < 4.78 is 10.3. The number of methoxy groups -OCH3 is 1. The van der Waals surface area contributed by atoms with E-state index in [1.165, 1.54) is 7.11 Å². The van der Waals surface area contributed by atoms with E-state index < -0.39 is 0 Å². The largest absolute Gasteiger partial charge is 0.465 e. The zero-order chi connectivity index (χ0) is 26.4. The van der Waals surface area contributed by atoms with Crippen molar-refractivity contribution in [1.82, 2.24) is 4.90 Å². The van der Waals surface area contributed by atoms with E-state index in [9.17, 15) is 9.59 Å². The van der Waals surface area contributed by atoms with Crippen LogP contribution < -0.4 is 4.90 Å². The number of esters is 2. The van der Waals surface area contributed by atoms with Crippen LogP contribution in [0.4, 0.5) is 5.69 Å². The normalized spacial score (nSPS) is 14.0. The molecule has 3 aromatic carbocycles. The lowest BCUT2D eigenvalue weighted by Crippen LogP contribution is -2.46. The summed E-state index contributed by atoms with van der Waals surface area (Å²) in [6.45, 7) is 8.66. The van der Waals surface area contributed by atoms with Crippen LogP contribution in [0.1, 0.15) is 40.1 Å². The zero-order valence-corrected chi connectivity index (χ0v) is 22.3. The topological polar surface area (TPSA) is 59.1 Å². The molecule has 0 N–H and O–H groups in total. The first-order valence-electron chi connectivity index (χ1n) is 12.6. The fourth-order valence-corrected chi connectivity index (χ4v) is 4.55. The number of halogens is 1. The second-order valence-electron chi connectivity index (χ2n) is 9.67.